The molecule has 2 aromatic heterocycles. The Morgan fingerprint density at radius 1 is 1.36 bits per heavy atom. The van der Waals surface area contributed by atoms with E-state index >= 15 is 0 Å². The summed E-state index contributed by atoms with van der Waals surface area (Å²) in [6.45, 7) is 2.07. The molecule has 0 radical (unpaired) electrons. The molecule has 0 fully saturated rings. The summed E-state index contributed by atoms with van der Waals surface area (Å²) in [5.74, 6) is 0. The van der Waals surface area contributed by atoms with Crippen LogP contribution in [0.25, 0.3) is 15.2 Å². The van der Waals surface area contributed by atoms with Crippen molar-refractivity contribution in [2.24, 2.45) is 0 Å². The Balaban J connectivity index is 2.58. The fraction of sp³-hybridized carbons (Fsp3) is 0.111. The topological polar surface area (TPSA) is 30.2 Å². The summed E-state index contributed by atoms with van der Waals surface area (Å²) in [4.78, 5) is 0.843. The Morgan fingerprint density at radius 3 is 3.07 bits per heavy atom. The number of halogens is 1. The molecule has 0 bridgehead atoms. The van der Waals surface area contributed by atoms with E-state index in [1.807, 2.05) is 10.5 Å². The van der Waals surface area contributed by atoms with Crippen LogP contribution in [0.1, 0.15) is 5.56 Å². The number of fused-ring (bicyclic) bond motifs is 3. The van der Waals surface area contributed by atoms with E-state index in [1.165, 1.54) is 10.3 Å². The normalized spacial score (nSPS) is 11.6. The third-order valence-corrected chi connectivity index (χ3v) is 3.39. The lowest BCUT2D eigenvalue weighted by molar-refractivity contribution is 1.11. The van der Waals surface area contributed by atoms with E-state index in [4.69, 9.17) is 11.6 Å². The molecule has 70 valence electrons. The van der Waals surface area contributed by atoms with Crippen LogP contribution >= 0.6 is 22.9 Å². The third kappa shape index (κ3) is 0.980. The van der Waals surface area contributed by atoms with Gasteiger partial charge in [-0.3, -0.25) is 4.40 Å². The Labute approximate surface area is 88.9 Å². The van der Waals surface area contributed by atoms with Crippen LogP contribution < -0.4 is 0 Å². The summed E-state index contributed by atoms with van der Waals surface area (Å²) >= 11 is 7.53. The van der Waals surface area contributed by atoms with Gasteiger partial charge in [0.05, 0.1) is 10.2 Å². The lowest BCUT2D eigenvalue weighted by Crippen LogP contribution is -1.80. The van der Waals surface area contributed by atoms with E-state index in [0.29, 0.717) is 5.28 Å². The second kappa shape index (κ2) is 2.68. The zero-order valence-corrected chi connectivity index (χ0v) is 8.93. The van der Waals surface area contributed by atoms with Gasteiger partial charge in [0.25, 0.3) is 0 Å². The molecule has 0 amide bonds. The maximum atomic E-state index is 5.93. The van der Waals surface area contributed by atoms with Crippen molar-refractivity contribution in [1.82, 2.24) is 14.6 Å². The minimum absolute atomic E-state index is 0.426. The van der Waals surface area contributed by atoms with Crippen molar-refractivity contribution in [1.29, 1.82) is 0 Å². The minimum atomic E-state index is 0.426. The lowest BCUT2D eigenvalue weighted by atomic mass is 10.2. The van der Waals surface area contributed by atoms with Gasteiger partial charge in [0.2, 0.25) is 10.2 Å². The number of nitrogens with zero attached hydrogens (tertiary/aromatic N) is 3. The molecule has 0 aliphatic carbocycles. The fourth-order valence-corrected chi connectivity index (χ4v) is 2.83. The van der Waals surface area contributed by atoms with Crippen LogP contribution in [0.5, 0.6) is 0 Å². The van der Waals surface area contributed by atoms with Gasteiger partial charge in [-0.2, -0.15) is 0 Å². The van der Waals surface area contributed by atoms with Crippen molar-refractivity contribution in [3.8, 4) is 0 Å². The van der Waals surface area contributed by atoms with Crippen LogP contribution in [0, 0.1) is 6.92 Å². The molecule has 3 aromatic rings. The van der Waals surface area contributed by atoms with Gasteiger partial charge >= 0.3 is 0 Å². The molecule has 0 saturated carbocycles. The zero-order valence-electron chi connectivity index (χ0n) is 7.36. The predicted molar refractivity (Wildman–Crippen MR) is 58.1 cm³/mol. The number of hydrogen-bond donors (Lipinski definition) is 0. The monoisotopic (exact) mass is 223 g/mol. The van der Waals surface area contributed by atoms with Crippen molar-refractivity contribution in [3.05, 3.63) is 29.0 Å². The molecule has 2 heterocycles. The zero-order chi connectivity index (χ0) is 9.71. The van der Waals surface area contributed by atoms with Gasteiger partial charge in [-0.1, -0.05) is 17.4 Å². The first kappa shape index (κ1) is 8.20. The number of thiazole rings is 1. The SMILES string of the molecule is Cc1ccc2c(c1)sc1nnc(Cl)n12. The summed E-state index contributed by atoms with van der Waals surface area (Å²) in [6.07, 6.45) is 0. The Bertz CT molecular complexity index is 625. The first-order valence-electron chi connectivity index (χ1n) is 4.15. The van der Waals surface area contributed by atoms with E-state index in [0.717, 1.165) is 10.5 Å². The molecule has 5 heteroatoms. The van der Waals surface area contributed by atoms with Gasteiger partial charge in [-0.05, 0) is 36.2 Å². The molecule has 1 aromatic carbocycles. The largest absolute Gasteiger partial charge is 0.256 e. The van der Waals surface area contributed by atoms with Gasteiger partial charge in [0.15, 0.2) is 0 Å². The summed E-state index contributed by atoms with van der Waals surface area (Å²) in [5, 5.41) is 8.23. The van der Waals surface area contributed by atoms with E-state index in [9.17, 15) is 0 Å². The van der Waals surface area contributed by atoms with Crippen LogP contribution in [0.2, 0.25) is 5.28 Å². The Kier molecular flexibility index (Phi) is 1.57. The van der Waals surface area contributed by atoms with Crippen LogP contribution in [-0.2, 0) is 0 Å². The van der Waals surface area contributed by atoms with Crippen LogP contribution in [0.3, 0.4) is 0 Å². The number of hydrogen-bond acceptors (Lipinski definition) is 3. The molecule has 0 unspecified atom stereocenters. The van der Waals surface area contributed by atoms with Crippen molar-refractivity contribution in [3.63, 3.8) is 0 Å². The van der Waals surface area contributed by atoms with Crippen LogP contribution in [0.15, 0.2) is 18.2 Å². The standard InChI is InChI=1S/C9H6ClN3S/c1-5-2-3-6-7(4-5)14-9-12-11-8(10)13(6)9/h2-4H,1H3. The van der Waals surface area contributed by atoms with Gasteiger partial charge in [-0.25, -0.2) is 0 Å². The third-order valence-electron chi connectivity index (χ3n) is 2.15. The minimum Gasteiger partial charge on any atom is -0.256 e. The molecule has 0 aliphatic heterocycles. The van der Waals surface area contributed by atoms with E-state index in [-0.39, 0.29) is 0 Å². The highest BCUT2D eigenvalue weighted by molar-refractivity contribution is 7.23. The molecule has 0 aliphatic rings. The molecule has 14 heavy (non-hydrogen) atoms. The number of aromatic nitrogens is 3. The number of aryl methyl sites for hydroxylation is 1. The number of rotatable bonds is 0. The summed E-state index contributed by atoms with van der Waals surface area (Å²) < 4.78 is 3.05. The van der Waals surface area contributed by atoms with Gasteiger partial charge < -0.3 is 0 Å². The Hall–Kier alpha value is -1.13. The van der Waals surface area contributed by atoms with E-state index < -0.39 is 0 Å². The molecule has 0 spiro atoms. The summed E-state index contributed by atoms with van der Waals surface area (Å²) in [6, 6.07) is 6.24. The van der Waals surface area contributed by atoms with Crippen molar-refractivity contribution in [2.75, 3.05) is 0 Å². The van der Waals surface area contributed by atoms with E-state index in [2.05, 4.69) is 29.3 Å². The van der Waals surface area contributed by atoms with Crippen LogP contribution in [-0.4, -0.2) is 14.6 Å². The molecule has 0 N–H and O–H groups in total. The molecular formula is C9H6ClN3S. The molecule has 3 nitrogen and oxygen atoms in total. The highest BCUT2D eigenvalue weighted by Crippen LogP contribution is 2.28. The highest BCUT2D eigenvalue weighted by Gasteiger charge is 2.09. The second-order valence-electron chi connectivity index (χ2n) is 3.16. The van der Waals surface area contributed by atoms with Crippen molar-refractivity contribution >= 4 is 38.1 Å². The van der Waals surface area contributed by atoms with Gasteiger partial charge in [0.1, 0.15) is 0 Å². The van der Waals surface area contributed by atoms with Gasteiger partial charge in [-0.15, -0.1) is 10.2 Å². The lowest BCUT2D eigenvalue weighted by Gasteiger charge is -1.92. The molecule has 3 rings (SSSR count). The Morgan fingerprint density at radius 2 is 2.21 bits per heavy atom. The summed E-state index contributed by atoms with van der Waals surface area (Å²) in [5.41, 5.74) is 2.32. The quantitative estimate of drug-likeness (QED) is 0.587. The summed E-state index contributed by atoms with van der Waals surface area (Å²) in [7, 11) is 0. The van der Waals surface area contributed by atoms with Gasteiger partial charge in [0, 0.05) is 0 Å². The van der Waals surface area contributed by atoms with Crippen molar-refractivity contribution in [2.45, 2.75) is 6.92 Å². The molecular weight excluding hydrogens is 218 g/mol. The van der Waals surface area contributed by atoms with Crippen LogP contribution in [0.4, 0.5) is 0 Å². The van der Waals surface area contributed by atoms with Crippen molar-refractivity contribution < 1.29 is 0 Å². The van der Waals surface area contributed by atoms with E-state index in [1.54, 1.807) is 11.3 Å². The average molecular weight is 224 g/mol. The maximum absolute atomic E-state index is 5.93. The molecule has 0 atom stereocenters. The molecule has 0 saturated heterocycles. The highest BCUT2D eigenvalue weighted by atomic mass is 35.5. The fourth-order valence-electron chi connectivity index (χ4n) is 1.51. The smallest absolute Gasteiger partial charge is 0.230 e. The number of benzene rings is 1. The average Bonchev–Trinajstić information content (AvgIpc) is 2.66. The maximum Gasteiger partial charge on any atom is 0.230 e. The predicted octanol–water partition coefficient (Wildman–Crippen LogP) is 2.91. The first-order chi connectivity index (χ1) is 6.75. The second-order valence-corrected chi connectivity index (χ2v) is 4.51. The first-order valence-corrected chi connectivity index (χ1v) is 5.35.